The van der Waals surface area contributed by atoms with Crippen molar-refractivity contribution in [1.82, 2.24) is 29.3 Å². The Labute approximate surface area is 405 Å². The van der Waals surface area contributed by atoms with Gasteiger partial charge in [-0.2, -0.15) is 54.8 Å². The number of rotatable bonds is 8. The minimum absolute atomic E-state index is 0.0190. The summed E-state index contributed by atoms with van der Waals surface area (Å²) in [7, 11) is 3.44. The smallest absolute Gasteiger partial charge is 0.399 e. The van der Waals surface area contributed by atoms with Crippen LogP contribution in [0.5, 0.6) is 0 Å². The minimum atomic E-state index is -4.78. The summed E-state index contributed by atoms with van der Waals surface area (Å²) in [6.07, 6.45) is -14.2. The fraction of sp³-hybridized carbons (Fsp3) is 0.149. The van der Waals surface area contributed by atoms with Crippen LogP contribution in [0.2, 0.25) is 0 Å². The molecule has 390 valence electrons. The third kappa shape index (κ3) is 12.6. The van der Waals surface area contributed by atoms with Gasteiger partial charge < -0.3 is 16.4 Å². The number of halogens is 17. The molecule has 0 radical (unpaired) electrons. The van der Waals surface area contributed by atoms with E-state index in [1.807, 2.05) is 0 Å². The highest BCUT2D eigenvalue weighted by atomic mass is 19.4. The first-order valence-corrected chi connectivity index (χ1v) is 20.5. The highest BCUT2D eigenvalue weighted by molar-refractivity contribution is 6.04. The monoisotopic (exact) mass is 1060 g/mol. The van der Waals surface area contributed by atoms with E-state index in [1.165, 1.54) is 43.4 Å². The average molecular weight is 1060 g/mol. The van der Waals surface area contributed by atoms with Gasteiger partial charge in [0.05, 0.1) is 39.3 Å². The molecule has 0 aliphatic carbocycles. The van der Waals surface area contributed by atoms with Crippen molar-refractivity contribution in [3.63, 3.8) is 0 Å². The molecule has 0 bridgehead atoms. The molecule has 5 aromatic carbocycles. The number of aromatic nitrogens is 6. The van der Waals surface area contributed by atoms with Crippen molar-refractivity contribution < 1.29 is 79.4 Å². The van der Waals surface area contributed by atoms with Crippen LogP contribution in [0.1, 0.15) is 33.0 Å². The molecule has 10 nitrogen and oxygen atoms in total. The van der Waals surface area contributed by atoms with E-state index < -0.39 is 110 Å². The van der Waals surface area contributed by atoms with Crippen molar-refractivity contribution in [2.24, 2.45) is 21.1 Å². The Hall–Kier alpha value is -8.39. The molecule has 74 heavy (non-hydrogen) atoms. The number of carbonyl (C=O) groups is 1. The van der Waals surface area contributed by atoms with Gasteiger partial charge in [-0.1, -0.05) is 30.3 Å². The lowest BCUT2D eigenvalue weighted by atomic mass is 10.1. The zero-order chi connectivity index (χ0) is 54.8. The number of carbonyl (C=O) groups excluding carboxylic acids is 1. The molecule has 0 aliphatic heterocycles. The van der Waals surface area contributed by atoms with Gasteiger partial charge in [-0.3, -0.25) is 18.8 Å². The van der Waals surface area contributed by atoms with Crippen molar-refractivity contribution in [1.29, 1.82) is 0 Å². The first-order valence-electron chi connectivity index (χ1n) is 20.5. The van der Waals surface area contributed by atoms with E-state index in [0.29, 0.717) is 28.4 Å². The highest BCUT2D eigenvalue weighted by Gasteiger charge is 2.37. The molecule has 0 spiro atoms. The van der Waals surface area contributed by atoms with Crippen molar-refractivity contribution in [2.45, 2.75) is 25.1 Å². The molecule has 0 fully saturated rings. The van der Waals surface area contributed by atoms with Crippen molar-refractivity contribution in [3.05, 3.63) is 178 Å². The SMILES string of the molecule is Cn1nc(C(F)(F)F)cc1-c1c(F)cc(N)cc1F.Cn1nc(C(F)(F)F)cc1-c1c(F)cc(NC(=O)c2ccccc2F)cc1F.Cn1nc(C(F)(F)F)cc1-c1c(F)cc(NCc2ccccc2F)cc1F. The number of nitrogens with zero attached hydrogens (tertiary/aromatic N) is 6. The van der Waals surface area contributed by atoms with Crippen molar-refractivity contribution >= 4 is 23.0 Å². The van der Waals surface area contributed by atoms with Crippen LogP contribution in [0, 0.1) is 46.5 Å². The van der Waals surface area contributed by atoms with E-state index in [4.69, 9.17) is 5.73 Å². The summed E-state index contributed by atoms with van der Waals surface area (Å²) < 4.78 is 228. The Morgan fingerprint density at radius 2 is 0.811 bits per heavy atom. The van der Waals surface area contributed by atoms with Gasteiger partial charge in [0.2, 0.25) is 0 Å². The Balaban J connectivity index is 0.000000184. The van der Waals surface area contributed by atoms with Gasteiger partial charge in [-0.15, -0.1) is 0 Å². The Morgan fingerprint density at radius 1 is 0.473 bits per heavy atom. The molecule has 0 atom stereocenters. The third-order valence-corrected chi connectivity index (χ3v) is 10.2. The molecule has 0 aliphatic rings. The lowest BCUT2D eigenvalue weighted by Gasteiger charge is -2.11. The van der Waals surface area contributed by atoms with Gasteiger partial charge >= 0.3 is 18.5 Å². The minimum Gasteiger partial charge on any atom is -0.399 e. The van der Waals surface area contributed by atoms with Crippen LogP contribution in [0.15, 0.2) is 103 Å². The topological polar surface area (TPSA) is 121 Å². The quantitative estimate of drug-likeness (QED) is 0.103. The summed E-state index contributed by atoms with van der Waals surface area (Å²) in [5, 5.41) is 14.5. The van der Waals surface area contributed by atoms with Gasteiger partial charge in [0.1, 0.15) is 46.5 Å². The zero-order valence-electron chi connectivity index (χ0n) is 37.6. The molecule has 0 unspecified atom stereocenters. The molecular weight excluding hydrogens is 1030 g/mol. The summed E-state index contributed by atoms with van der Waals surface area (Å²) in [4.78, 5) is 12.0. The van der Waals surface area contributed by atoms with E-state index in [-0.39, 0.29) is 40.6 Å². The summed E-state index contributed by atoms with van der Waals surface area (Å²) >= 11 is 0. The van der Waals surface area contributed by atoms with Crippen LogP contribution in [0.3, 0.4) is 0 Å². The van der Waals surface area contributed by atoms with Crippen molar-refractivity contribution in [3.8, 4) is 33.8 Å². The van der Waals surface area contributed by atoms with Crippen LogP contribution in [-0.4, -0.2) is 35.2 Å². The van der Waals surface area contributed by atoms with Crippen LogP contribution in [-0.2, 0) is 46.2 Å². The molecule has 0 saturated heterocycles. The van der Waals surface area contributed by atoms with Crippen LogP contribution in [0.4, 0.5) is 91.7 Å². The Morgan fingerprint density at radius 3 is 1.16 bits per heavy atom. The molecule has 3 aromatic heterocycles. The summed E-state index contributed by atoms with van der Waals surface area (Å²) in [5.74, 6) is -8.91. The lowest BCUT2D eigenvalue weighted by molar-refractivity contribution is -0.142. The number of nitrogen functional groups attached to an aromatic ring is 1. The largest absolute Gasteiger partial charge is 0.435 e. The first kappa shape index (κ1) is 54.9. The number of alkyl halides is 9. The van der Waals surface area contributed by atoms with Gasteiger partial charge in [-0.25, -0.2) is 35.1 Å². The van der Waals surface area contributed by atoms with Crippen molar-refractivity contribution in [2.75, 3.05) is 16.4 Å². The second kappa shape index (κ2) is 21.4. The molecular formula is C47H32F17N9O. The Kier molecular flexibility index (Phi) is 15.9. The predicted molar refractivity (Wildman–Crippen MR) is 233 cm³/mol. The fourth-order valence-electron chi connectivity index (χ4n) is 6.85. The van der Waals surface area contributed by atoms with Gasteiger partial charge in [0.15, 0.2) is 17.1 Å². The second-order valence-corrected chi connectivity index (χ2v) is 15.5. The highest BCUT2D eigenvalue weighted by Crippen LogP contribution is 2.37. The first-order chi connectivity index (χ1) is 34.4. The molecule has 8 rings (SSSR count). The predicted octanol–water partition coefficient (Wildman–Crippen LogP) is 12.9. The number of amides is 1. The van der Waals surface area contributed by atoms with E-state index in [0.717, 1.165) is 65.9 Å². The van der Waals surface area contributed by atoms with Gasteiger partial charge in [0.25, 0.3) is 5.91 Å². The van der Waals surface area contributed by atoms with E-state index in [9.17, 15) is 79.4 Å². The van der Waals surface area contributed by atoms with Crippen LogP contribution >= 0.6 is 0 Å². The average Bonchev–Trinajstić information content (AvgIpc) is 3.99. The van der Waals surface area contributed by atoms with E-state index >= 15 is 0 Å². The number of hydrogen-bond acceptors (Lipinski definition) is 6. The molecule has 8 aromatic rings. The maximum atomic E-state index is 14.4. The van der Waals surface area contributed by atoms with E-state index in [1.54, 1.807) is 6.07 Å². The molecule has 27 heteroatoms. The van der Waals surface area contributed by atoms with E-state index in [2.05, 4.69) is 25.9 Å². The number of hydrogen-bond donors (Lipinski definition) is 3. The van der Waals surface area contributed by atoms with Crippen LogP contribution in [0.25, 0.3) is 33.8 Å². The number of benzene rings is 5. The molecule has 1 amide bonds. The van der Waals surface area contributed by atoms with Crippen LogP contribution < -0.4 is 16.4 Å². The maximum absolute atomic E-state index is 14.4. The molecule has 0 saturated carbocycles. The number of aryl methyl sites for hydroxylation is 3. The third-order valence-electron chi connectivity index (χ3n) is 10.2. The lowest BCUT2D eigenvalue weighted by Crippen LogP contribution is -2.14. The molecule has 3 heterocycles. The number of nitrogens with one attached hydrogen (secondary N) is 2. The maximum Gasteiger partial charge on any atom is 0.435 e. The standard InChI is InChI=1S/C18H11F6N3O.C18H13F6N3.C11H8F5N3/c1-27-14(8-15(26-27)18(22,23)24)16-12(20)6-9(7-13(16)21)25-17(28)10-4-2-3-5-11(10)19;1-27-15(8-16(26-27)18(22,23)24)17-13(20)6-11(7-14(17)21)25-9-10-4-2-3-5-12(10)19;1-19-8(4-9(18-19)11(14,15)16)10-6(12)2-5(17)3-7(10)13/h2-8H,1H3,(H,25,28);2-8,25H,9H2,1H3;2-4H,17H2,1H3. The number of nitrogens with two attached hydrogens (primary N) is 1. The molecule has 4 N–H and O–H groups in total. The summed E-state index contributed by atoms with van der Waals surface area (Å²) in [6, 6.07) is 17.5. The zero-order valence-corrected chi connectivity index (χ0v) is 37.6. The van der Waals surface area contributed by atoms with Gasteiger partial charge in [-0.05, 0) is 72.8 Å². The Bertz CT molecular complexity index is 3290. The normalized spacial score (nSPS) is 11.7. The summed E-state index contributed by atoms with van der Waals surface area (Å²) in [5.41, 5.74) is -2.11. The second-order valence-electron chi connectivity index (χ2n) is 15.5. The fourth-order valence-corrected chi connectivity index (χ4v) is 6.85. The summed E-state index contributed by atoms with van der Waals surface area (Å²) in [6.45, 7) is -0.0190. The van der Waals surface area contributed by atoms with Gasteiger partial charge in [0, 0.05) is 50.3 Å². The number of anilines is 3.